The van der Waals surface area contributed by atoms with Crippen LogP contribution in [0.25, 0.3) is 10.2 Å². The minimum Gasteiger partial charge on any atom is -0.348 e. The molecule has 136 valence electrons. The van der Waals surface area contributed by atoms with E-state index in [0.29, 0.717) is 0 Å². The monoisotopic (exact) mass is 386 g/mol. The first-order valence-electron chi connectivity index (χ1n) is 8.90. The first kappa shape index (κ1) is 17.3. The zero-order valence-electron chi connectivity index (χ0n) is 14.6. The van der Waals surface area contributed by atoms with Crippen molar-refractivity contribution in [2.45, 2.75) is 31.8 Å². The van der Waals surface area contributed by atoms with E-state index in [1.54, 1.807) is 22.7 Å². The van der Waals surface area contributed by atoms with E-state index in [-0.39, 0.29) is 18.1 Å². The van der Waals surface area contributed by atoms with Gasteiger partial charge in [0.05, 0.1) is 16.3 Å². The average Bonchev–Trinajstić information content (AvgIpc) is 3.32. The van der Waals surface area contributed by atoms with Gasteiger partial charge in [-0.25, -0.2) is 9.78 Å². The minimum atomic E-state index is -0.0793. The van der Waals surface area contributed by atoms with Crippen molar-refractivity contribution < 1.29 is 4.79 Å². The van der Waals surface area contributed by atoms with Gasteiger partial charge in [0.1, 0.15) is 0 Å². The van der Waals surface area contributed by atoms with Crippen LogP contribution >= 0.6 is 22.7 Å². The molecule has 1 saturated heterocycles. The Bertz CT molecular complexity index is 836. The van der Waals surface area contributed by atoms with Gasteiger partial charge in [0.15, 0.2) is 5.13 Å². The highest BCUT2D eigenvalue weighted by Gasteiger charge is 2.23. The Labute approximate surface area is 161 Å². The lowest BCUT2D eigenvalue weighted by atomic mass is 10.1. The summed E-state index contributed by atoms with van der Waals surface area (Å²) in [6, 6.07) is 12.5. The second-order valence-electron chi connectivity index (χ2n) is 6.58. The van der Waals surface area contributed by atoms with Crippen LogP contribution in [0.4, 0.5) is 9.93 Å². The Morgan fingerprint density at radius 2 is 2.04 bits per heavy atom. The molecule has 0 unspecified atom stereocenters. The number of nitrogens with one attached hydrogen (secondary N) is 2. The highest BCUT2D eigenvalue weighted by atomic mass is 32.1. The largest absolute Gasteiger partial charge is 0.348 e. The number of thiophene rings is 1. The molecule has 3 aromatic rings. The second-order valence-corrected chi connectivity index (χ2v) is 8.57. The number of fused-ring (bicyclic) bond motifs is 1. The molecule has 2 N–H and O–H groups in total. The molecule has 1 aliphatic heterocycles. The van der Waals surface area contributed by atoms with Crippen LogP contribution in [-0.2, 0) is 0 Å². The smallest absolute Gasteiger partial charge is 0.315 e. The maximum atomic E-state index is 12.2. The van der Waals surface area contributed by atoms with E-state index < -0.39 is 0 Å². The van der Waals surface area contributed by atoms with Crippen LogP contribution in [0.1, 0.15) is 30.7 Å². The fourth-order valence-corrected chi connectivity index (χ4v) is 4.99. The molecular formula is C19H22N4OS2. The summed E-state index contributed by atoms with van der Waals surface area (Å²) in [6.07, 6.45) is 1.88. The fraction of sp³-hybridized carbons (Fsp3) is 0.368. The SMILES string of the molecule is C[C@@H](NC(=O)NC1CCN(c2nc3ccccc3s2)CC1)c1cccs1. The number of aromatic nitrogens is 1. The van der Waals surface area contributed by atoms with E-state index in [9.17, 15) is 4.79 Å². The lowest BCUT2D eigenvalue weighted by Gasteiger charge is -2.32. The number of hydrogen-bond donors (Lipinski definition) is 2. The highest BCUT2D eigenvalue weighted by molar-refractivity contribution is 7.22. The molecule has 4 rings (SSSR count). The number of para-hydroxylation sites is 1. The number of benzene rings is 1. The summed E-state index contributed by atoms with van der Waals surface area (Å²) in [5.41, 5.74) is 1.06. The molecule has 2 amide bonds. The number of carbonyl (C=O) groups excluding carboxylic acids is 1. The van der Waals surface area contributed by atoms with Gasteiger partial charge in [0.2, 0.25) is 0 Å². The number of thiazole rings is 1. The summed E-state index contributed by atoms with van der Waals surface area (Å²) >= 11 is 3.41. The van der Waals surface area contributed by atoms with Crippen LogP contribution < -0.4 is 15.5 Å². The number of rotatable bonds is 4. The van der Waals surface area contributed by atoms with E-state index in [4.69, 9.17) is 4.98 Å². The number of nitrogens with zero attached hydrogens (tertiary/aromatic N) is 2. The summed E-state index contributed by atoms with van der Waals surface area (Å²) < 4.78 is 1.23. The van der Waals surface area contributed by atoms with Gasteiger partial charge in [-0.3, -0.25) is 0 Å². The maximum Gasteiger partial charge on any atom is 0.315 e. The Morgan fingerprint density at radius 1 is 1.23 bits per heavy atom. The summed E-state index contributed by atoms with van der Waals surface area (Å²) in [7, 11) is 0. The molecule has 5 nitrogen and oxygen atoms in total. The van der Waals surface area contributed by atoms with Crippen LogP contribution in [-0.4, -0.2) is 30.1 Å². The molecule has 0 radical (unpaired) electrons. The Morgan fingerprint density at radius 3 is 2.77 bits per heavy atom. The number of piperidine rings is 1. The van der Waals surface area contributed by atoms with Gasteiger partial charge in [-0.15, -0.1) is 11.3 Å². The van der Waals surface area contributed by atoms with Crippen molar-refractivity contribution in [3.05, 3.63) is 46.7 Å². The van der Waals surface area contributed by atoms with Gasteiger partial charge >= 0.3 is 6.03 Å². The highest BCUT2D eigenvalue weighted by Crippen LogP contribution is 2.30. The Hall–Kier alpha value is -2.12. The number of urea groups is 1. The minimum absolute atomic E-state index is 0.0397. The van der Waals surface area contributed by atoms with Crippen LogP contribution in [0.15, 0.2) is 41.8 Å². The van der Waals surface area contributed by atoms with Crippen molar-refractivity contribution in [2.75, 3.05) is 18.0 Å². The van der Waals surface area contributed by atoms with Gasteiger partial charge < -0.3 is 15.5 Å². The normalized spacial score (nSPS) is 16.6. The van der Waals surface area contributed by atoms with Gasteiger partial charge in [0.25, 0.3) is 0 Å². The molecule has 1 atom stereocenters. The molecule has 3 heterocycles. The fourth-order valence-electron chi connectivity index (χ4n) is 3.24. The third kappa shape index (κ3) is 3.83. The van der Waals surface area contributed by atoms with E-state index in [0.717, 1.165) is 36.6 Å². The van der Waals surface area contributed by atoms with Gasteiger partial charge in [-0.05, 0) is 43.3 Å². The molecule has 1 aliphatic rings. The lowest BCUT2D eigenvalue weighted by Crippen LogP contribution is -2.48. The summed E-state index contributed by atoms with van der Waals surface area (Å²) in [4.78, 5) is 20.5. The molecule has 0 bridgehead atoms. The Balaban J connectivity index is 1.28. The number of carbonyl (C=O) groups is 1. The Kier molecular flexibility index (Phi) is 5.08. The predicted molar refractivity (Wildman–Crippen MR) is 109 cm³/mol. The third-order valence-corrected chi connectivity index (χ3v) is 6.85. The van der Waals surface area contributed by atoms with E-state index >= 15 is 0 Å². The molecule has 0 aliphatic carbocycles. The predicted octanol–water partition coefficient (Wildman–Crippen LogP) is 4.39. The quantitative estimate of drug-likeness (QED) is 0.699. The van der Waals surface area contributed by atoms with Crippen molar-refractivity contribution >= 4 is 44.1 Å². The van der Waals surface area contributed by atoms with Crippen LogP contribution in [0.3, 0.4) is 0 Å². The molecular weight excluding hydrogens is 364 g/mol. The number of anilines is 1. The third-order valence-electron chi connectivity index (χ3n) is 4.70. The van der Waals surface area contributed by atoms with Crippen molar-refractivity contribution in [1.82, 2.24) is 15.6 Å². The number of hydrogen-bond acceptors (Lipinski definition) is 5. The van der Waals surface area contributed by atoms with Gasteiger partial charge in [0, 0.05) is 24.0 Å². The van der Waals surface area contributed by atoms with Crippen molar-refractivity contribution in [1.29, 1.82) is 0 Å². The molecule has 26 heavy (non-hydrogen) atoms. The van der Waals surface area contributed by atoms with E-state index in [2.05, 4.69) is 33.7 Å². The molecule has 7 heteroatoms. The lowest BCUT2D eigenvalue weighted by molar-refractivity contribution is 0.231. The van der Waals surface area contributed by atoms with Crippen molar-refractivity contribution in [3.8, 4) is 0 Å². The summed E-state index contributed by atoms with van der Waals surface area (Å²) in [6.45, 7) is 3.86. The van der Waals surface area contributed by atoms with E-state index in [1.807, 2.05) is 30.5 Å². The van der Waals surface area contributed by atoms with E-state index in [1.165, 1.54) is 9.58 Å². The van der Waals surface area contributed by atoms with Crippen LogP contribution in [0, 0.1) is 0 Å². The van der Waals surface area contributed by atoms with Gasteiger partial charge in [-0.2, -0.15) is 0 Å². The van der Waals surface area contributed by atoms with Gasteiger partial charge in [-0.1, -0.05) is 29.5 Å². The second kappa shape index (κ2) is 7.63. The molecule has 1 aromatic carbocycles. The van der Waals surface area contributed by atoms with Crippen molar-refractivity contribution in [3.63, 3.8) is 0 Å². The zero-order chi connectivity index (χ0) is 17.9. The molecule has 2 aromatic heterocycles. The average molecular weight is 387 g/mol. The van der Waals surface area contributed by atoms with Crippen molar-refractivity contribution in [2.24, 2.45) is 0 Å². The first-order chi connectivity index (χ1) is 12.7. The number of amides is 2. The molecule has 0 spiro atoms. The standard InChI is InChI=1S/C19H22N4OS2/c1-13(16-7-4-12-25-16)20-18(24)21-14-8-10-23(11-9-14)19-22-15-5-2-3-6-17(15)26-19/h2-7,12-14H,8-11H2,1H3,(H2,20,21,24)/t13-/m1/s1. The van der Waals surface area contributed by atoms with Crippen LogP contribution in [0.2, 0.25) is 0 Å². The maximum absolute atomic E-state index is 12.2. The first-order valence-corrected chi connectivity index (χ1v) is 10.6. The van der Waals surface area contributed by atoms with Crippen LogP contribution in [0.5, 0.6) is 0 Å². The summed E-state index contributed by atoms with van der Waals surface area (Å²) in [5.74, 6) is 0. The summed E-state index contributed by atoms with van der Waals surface area (Å²) in [5, 5.41) is 9.26. The topological polar surface area (TPSA) is 57.3 Å². The zero-order valence-corrected chi connectivity index (χ0v) is 16.3. The molecule has 1 fully saturated rings. The molecule has 0 saturated carbocycles.